The Morgan fingerprint density at radius 2 is 1.70 bits per heavy atom. The highest BCUT2D eigenvalue weighted by atomic mass is 19.1. The maximum absolute atomic E-state index is 13.2. The number of rotatable bonds is 6. The molecule has 0 spiro atoms. The molecule has 2 aromatic carbocycles. The average molecular weight is 408 g/mol. The number of aliphatic hydroxyl groups excluding tert-OH is 2. The number of aromatic nitrogens is 1. The molecular formula is C23H21FN2O4. The lowest BCUT2D eigenvalue weighted by molar-refractivity contribution is 0.0183. The van der Waals surface area contributed by atoms with E-state index >= 15 is 0 Å². The van der Waals surface area contributed by atoms with E-state index in [0.29, 0.717) is 0 Å². The largest absolute Gasteiger partial charge is 0.449 e. The van der Waals surface area contributed by atoms with Gasteiger partial charge in [0.25, 0.3) is 0 Å². The number of pyridine rings is 1. The van der Waals surface area contributed by atoms with Gasteiger partial charge < -0.3 is 20.3 Å². The van der Waals surface area contributed by atoms with E-state index in [2.05, 4.69) is 10.3 Å². The first-order chi connectivity index (χ1) is 14.5. The fourth-order valence-electron chi connectivity index (χ4n) is 3.77. The molecule has 7 heteroatoms. The molecule has 0 bridgehead atoms. The van der Waals surface area contributed by atoms with Crippen molar-refractivity contribution in [3.8, 4) is 11.1 Å². The Bertz CT molecular complexity index is 1010. The van der Waals surface area contributed by atoms with Crippen LogP contribution in [0.5, 0.6) is 0 Å². The first-order valence-electron chi connectivity index (χ1n) is 9.61. The van der Waals surface area contributed by atoms with Gasteiger partial charge in [0, 0.05) is 18.7 Å². The smallest absolute Gasteiger partial charge is 0.407 e. The molecule has 30 heavy (non-hydrogen) atoms. The van der Waals surface area contributed by atoms with Crippen LogP contribution in [0.25, 0.3) is 11.1 Å². The lowest BCUT2D eigenvalue weighted by atomic mass is 9.98. The van der Waals surface area contributed by atoms with Crippen molar-refractivity contribution < 1.29 is 24.1 Å². The second-order valence-electron chi connectivity index (χ2n) is 7.13. The number of halogens is 1. The molecule has 1 aliphatic carbocycles. The number of aliphatic hydroxyl groups is 2. The van der Waals surface area contributed by atoms with E-state index in [1.807, 2.05) is 48.5 Å². The average Bonchev–Trinajstić information content (AvgIpc) is 3.09. The van der Waals surface area contributed by atoms with Gasteiger partial charge in [-0.1, -0.05) is 48.5 Å². The summed E-state index contributed by atoms with van der Waals surface area (Å²) >= 11 is 0. The van der Waals surface area contributed by atoms with E-state index in [9.17, 15) is 19.4 Å². The lowest BCUT2D eigenvalue weighted by Crippen LogP contribution is -2.36. The summed E-state index contributed by atoms with van der Waals surface area (Å²) < 4.78 is 18.6. The molecule has 3 N–H and O–H groups in total. The number of hydrogen-bond acceptors (Lipinski definition) is 5. The maximum Gasteiger partial charge on any atom is 0.407 e. The molecular weight excluding hydrogens is 387 g/mol. The Kier molecular flexibility index (Phi) is 5.74. The van der Waals surface area contributed by atoms with Crippen LogP contribution in [0.2, 0.25) is 0 Å². The van der Waals surface area contributed by atoms with Gasteiger partial charge in [-0.3, -0.25) is 0 Å². The molecule has 0 aliphatic heterocycles. The van der Waals surface area contributed by atoms with Gasteiger partial charge in [0.15, 0.2) is 0 Å². The summed E-state index contributed by atoms with van der Waals surface area (Å²) in [5.41, 5.74) is 4.63. The Labute approximate surface area is 173 Å². The molecule has 3 aromatic rings. The third-order valence-electron chi connectivity index (χ3n) is 5.26. The Hall–Kier alpha value is -3.29. The van der Waals surface area contributed by atoms with Crippen LogP contribution in [0.4, 0.5) is 9.18 Å². The van der Waals surface area contributed by atoms with Crippen LogP contribution < -0.4 is 5.32 Å². The minimum atomic E-state index is -1.36. The van der Waals surface area contributed by atoms with Crippen LogP contribution in [0.15, 0.2) is 66.9 Å². The van der Waals surface area contributed by atoms with E-state index in [-0.39, 0.29) is 24.6 Å². The van der Waals surface area contributed by atoms with E-state index in [4.69, 9.17) is 4.74 Å². The fourth-order valence-corrected chi connectivity index (χ4v) is 3.77. The second-order valence-corrected chi connectivity index (χ2v) is 7.13. The number of alkyl carbamates (subject to hydrolysis) is 1. The summed E-state index contributed by atoms with van der Waals surface area (Å²) in [5.74, 6) is -0.832. The maximum atomic E-state index is 13.2. The number of hydrogen-bond donors (Lipinski definition) is 3. The minimum absolute atomic E-state index is 0.0709. The van der Waals surface area contributed by atoms with Crippen molar-refractivity contribution in [3.05, 3.63) is 89.5 Å². The zero-order chi connectivity index (χ0) is 21.1. The van der Waals surface area contributed by atoms with E-state index in [1.165, 1.54) is 12.3 Å². The van der Waals surface area contributed by atoms with E-state index in [1.54, 1.807) is 0 Å². The second kappa shape index (κ2) is 8.61. The summed E-state index contributed by atoms with van der Waals surface area (Å²) in [7, 11) is 0. The van der Waals surface area contributed by atoms with Gasteiger partial charge in [-0.15, -0.1) is 0 Å². The molecule has 0 fully saturated rings. The van der Waals surface area contributed by atoms with Crippen molar-refractivity contribution >= 4 is 6.09 Å². The molecule has 1 heterocycles. The summed E-state index contributed by atoms with van der Waals surface area (Å²) in [6.07, 6.45) is -2.20. The van der Waals surface area contributed by atoms with Crippen molar-refractivity contribution in [3.63, 3.8) is 0 Å². The molecule has 2 unspecified atom stereocenters. The number of fused-ring (bicyclic) bond motifs is 3. The summed E-state index contributed by atoms with van der Waals surface area (Å²) in [6.45, 7) is -0.101. The van der Waals surface area contributed by atoms with Crippen LogP contribution in [0.1, 0.15) is 28.7 Å². The third kappa shape index (κ3) is 4.03. The Balaban J connectivity index is 1.34. The highest BCUT2D eigenvalue weighted by Crippen LogP contribution is 2.44. The van der Waals surface area contributed by atoms with Gasteiger partial charge in [-0.2, -0.15) is 4.39 Å². The molecule has 154 valence electrons. The Morgan fingerprint density at radius 1 is 1.07 bits per heavy atom. The molecule has 0 saturated heterocycles. The highest BCUT2D eigenvalue weighted by molar-refractivity contribution is 5.79. The number of nitrogens with zero attached hydrogens (tertiary/aromatic N) is 1. The number of ether oxygens (including phenoxy) is 1. The quantitative estimate of drug-likeness (QED) is 0.545. The van der Waals surface area contributed by atoms with Gasteiger partial charge in [-0.05, 0) is 39.9 Å². The van der Waals surface area contributed by atoms with Crippen molar-refractivity contribution in [1.82, 2.24) is 10.3 Å². The predicted octanol–water partition coefficient (Wildman–Crippen LogP) is 3.15. The van der Waals surface area contributed by atoms with Crippen molar-refractivity contribution in [2.45, 2.75) is 18.1 Å². The molecule has 6 nitrogen and oxygen atoms in total. The Morgan fingerprint density at radius 3 is 2.33 bits per heavy atom. The van der Waals surface area contributed by atoms with Gasteiger partial charge in [-0.25, -0.2) is 9.78 Å². The van der Waals surface area contributed by atoms with Crippen LogP contribution in [-0.2, 0) is 4.74 Å². The molecule has 0 radical (unpaired) electrons. The van der Waals surface area contributed by atoms with Gasteiger partial charge >= 0.3 is 6.09 Å². The first kappa shape index (κ1) is 20.0. The topological polar surface area (TPSA) is 91.7 Å². The number of nitrogens with one attached hydrogen (secondary N) is 1. The highest BCUT2D eigenvalue weighted by Gasteiger charge is 2.29. The normalized spacial score (nSPS) is 14.5. The summed E-state index contributed by atoms with van der Waals surface area (Å²) in [4.78, 5) is 15.5. The SMILES string of the molecule is O=C(NCC(O)C(O)c1ccnc(F)c1)OCC1c2ccccc2-c2ccccc21. The zero-order valence-corrected chi connectivity index (χ0v) is 16.0. The predicted molar refractivity (Wildman–Crippen MR) is 108 cm³/mol. The molecule has 1 aliphatic rings. The number of carbonyl (C=O) groups excluding carboxylic acids is 1. The third-order valence-corrected chi connectivity index (χ3v) is 5.26. The lowest BCUT2D eigenvalue weighted by Gasteiger charge is -2.19. The molecule has 2 atom stereocenters. The van der Waals surface area contributed by atoms with E-state index in [0.717, 1.165) is 28.3 Å². The van der Waals surface area contributed by atoms with Crippen LogP contribution in [0.3, 0.4) is 0 Å². The van der Waals surface area contributed by atoms with Crippen LogP contribution in [0, 0.1) is 5.95 Å². The van der Waals surface area contributed by atoms with Gasteiger partial charge in [0.05, 0.1) is 0 Å². The van der Waals surface area contributed by atoms with Crippen molar-refractivity contribution in [2.75, 3.05) is 13.2 Å². The van der Waals surface area contributed by atoms with Gasteiger partial charge in [0.2, 0.25) is 5.95 Å². The minimum Gasteiger partial charge on any atom is -0.449 e. The fraction of sp³-hybridized carbons (Fsp3) is 0.217. The van der Waals surface area contributed by atoms with Crippen molar-refractivity contribution in [2.24, 2.45) is 0 Å². The first-order valence-corrected chi connectivity index (χ1v) is 9.61. The van der Waals surface area contributed by atoms with E-state index < -0.39 is 24.2 Å². The standard InChI is InChI=1S/C23H21FN2O4/c24-21-11-14(9-10-25-21)22(28)20(27)12-26-23(29)30-13-19-17-7-3-1-5-15(17)16-6-2-4-8-18(16)19/h1-11,19-20,22,27-28H,12-13H2,(H,26,29). The molecule has 4 rings (SSSR count). The summed E-state index contributed by atoms with van der Waals surface area (Å²) in [6, 6.07) is 18.4. The van der Waals surface area contributed by atoms with Gasteiger partial charge in [0.1, 0.15) is 18.8 Å². The number of amides is 1. The van der Waals surface area contributed by atoms with Crippen LogP contribution in [-0.4, -0.2) is 40.5 Å². The number of benzene rings is 2. The monoisotopic (exact) mass is 408 g/mol. The summed E-state index contributed by atoms with van der Waals surface area (Å²) in [5, 5.41) is 22.6. The van der Waals surface area contributed by atoms with Crippen LogP contribution >= 0.6 is 0 Å². The molecule has 1 aromatic heterocycles. The molecule has 0 saturated carbocycles. The number of carbonyl (C=O) groups is 1. The van der Waals surface area contributed by atoms with Crippen molar-refractivity contribution in [1.29, 1.82) is 0 Å². The molecule has 1 amide bonds. The zero-order valence-electron chi connectivity index (χ0n) is 16.0.